The van der Waals surface area contributed by atoms with E-state index in [0.717, 1.165) is 5.69 Å². The number of hydrogen-bond donors (Lipinski definition) is 0. The minimum absolute atomic E-state index is 0.0250. The van der Waals surface area contributed by atoms with E-state index < -0.39 is 12.8 Å². The van der Waals surface area contributed by atoms with Crippen molar-refractivity contribution in [1.29, 1.82) is 5.26 Å². The van der Waals surface area contributed by atoms with Gasteiger partial charge in [0.2, 0.25) is 5.91 Å². The van der Waals surface area contributed by atoms with E-state index >= 15 is 0 Å². The summed E-state index contributed by atoms with van der Waals surface area (Å²) < 4.78 is 42.2. The fraction of sp³-hybridized carbons (Fsp3) is 0.333. The van der Waals surface area contributed by atoms with Crippen molar-refractivity contribution in [2.24, 2.45) is 0 Å². The highest BCUT2D eigenvalue weighted by Crippen LogP contribution is 2.24. The SMILES string of the molecule is N#Cc1ccccc1N1CCN(C(=O)Cc2ccccc2OCC(F)(F)F)CC1. The summed E-state index contributed by atoms with van der Waals surface area (Å²) in [5, 5.41) is 9.25. The summed E-state index contributed by atoms with van der Waals surface area (Å²) in [6.45, 7) is 0.719. The highest BCUT2D eigenvalue weighted by Gasteiger charge is 2.29. The number of amides is 1. The minimum atomic E-state index is -4.44. The first kappa shape index (κ1) is 20.5. The molecule has 0 unspecified atom stereocenters. The maximum Gasteiger partial charge on any atom is 0.422 e. The average Bonchev–Trinajstić information content (AvgIpc) is 2.72. The van der Waals surface area contributed by atoms with E-state index in [2.05, 4.69) is 11.0 Å². The molecular formula is C21H20F3N3O2. The van der Waals surface area contributed by atoms with Crippen LogP contribution in [0.5, 0.6) is 5.75 Å². The number of rotatable bonds is 5. The third kappa shape index (κ3) is 5.41. The Labute approximate surface area is 166 Å². The van der Waals surface area contributed by atoms with Gasteiger partial charge < -0.3 is 14.5 Å². The van der Waals surface area contributed by atoms with E-state index in [1.54, 1.807) is 35.2 Å². The number of anilines is 1. The molecule has 0 aromatic heterocycles. The lowest BCUT2D eigenvalue weighted by Gasteiger charge is -2.36. The summed E-state index contributed by atoms with van der Waals surface area (Å²) >= 11 is 0. The highest BCUT2D eigenvalue weighted by molar-refractivity contribution is 5.80. The lowest BCUT2D eigenvalue weighted by molar-refractivity contribution is -0.153. The summed E-state index contributed by atoms with van der Waals surface area (Å²) in [5.74, 6) is -0.0963. The number of benzene rings is 2. The molecule has 3 rings (SSSR count). The monoisotopic (exact) mass is 403 g/mol. The van der Waals surface area contributed by atoms with E-state index in [0.29, 0.717) is 37.3 Å². The molecule has 1 saturated heterocycles. The molecular weight excluding hydrogens is 383 g/mol. The molecule has 1 amide bonds. The summed E-state index contributed by atoms with van der Waals surface area (Å²) in [5.41, 5.74) is 1.86. The van der Waals surface area contributed by atoms with Gasteiger partial charge in [-0.2, -0.15) is 18.4 Å². The normalized spacial score (nSPS) is 14.4. The van der Waals surface area contributed by atoms with Gasteiger partial charge in [0.15, 0.2) is 6.61 Å². The number of halogens is 3. The predicted molar refractivity (Wildman–Crippen MR) is 102 cm³/mol. The van der Waals surface area contributed by atoms with Crippen LogP contribution in [0.25, 0.3) is 0 Å². The largest absolute Gasteiger partial charge is 0.484 e. The third-order valence-electron chi connectivity index (χ3n) is 4.70. The van der Waals surface area contributed by atoms with Crippen LogP contribution < -0.4 is 9.64 Å². The summed E-state index contributed by atoms with van der Waals surface area (Å²) in [6.07, 6.45) is -4.46. The number of ether oxygens (including phenoxy) is 1. The third-order valence-corrected chi connectivity index (χ3v) is 4.70. The van der Waals surface area contributed by atoms with Crippen LogP contribution >= 0.6 is 0 Å². The molecule has 0 bridgehead atoms. The number of carbonyl (C=O) groups is 1. The van der Waals surface area contributed by atoms with Crippen LogP contribution in [0.1, 0.15) is 11.1 Å². The molecule has 0 aliphatic carbocycles. The van der Waals surface area contributed by atoms with Gasteiger partial charge in [0.25, 0.3) is 0 Å². The first-order valence-corrected chi connectivity index (χ1v) is 9.16. The lowest BCUT2D eigenvalue weighted by atomic mass is 10.1. The molecule has 0 atom stereocenters. The van der Waals surface area contributed by atoms with Crippen molar-refractivity contribution in [3.8, 4) is 11.8 Å². The van der Waals surface area contributed by atoms with Gasteiger partial charge in [-0.1, -0.05) is 30.3 Å². The molecule has 8 heteroatoms. The fourth-order valence-electron chi connectivity index (χ4n) is 3.27. The van der Waals surface area contributed by atoms with Crippen LogP contribution in [-0.2, 0) is 11.2 Å². The zero-order valence-electron chi connectivity index (χ0n) is 15.7. The number of hydrogen-bond acceptors (Lipinski definition) is 4. The molecule has 0 N–H and O–H groups in total. The van der Waals surface area contributed by atoms with Gasteiger partial charge in [0, 0.05) is 31.7 Å². The van der Waals surface area contributed by atoms with Gasteiger partial charge in [-0.05, 0) is 18.2 Å². The molecule has 0 spiro atoms. The molecule has 29 heavy (non-hydrogen) atoms. The molecule has 0 saturated carbocycles. The number of para-hydroxylation sites is 2. The Morgan fingerprint density at radius 2 is 1.69 bits per heavy atom. The number of nitriles is 1. The molecule has 2 aromatic rings. The van der Waals surface area contributed by atoms with Crippen molar-refractivity contribution in [1.82, 2.24) is 4.90 Å². The second-order valence-electron chi connectivity index (χ2n) is 6.69. The zero-order chi connectivity index (χ0) is 20.9. The second-order valence-corrected chi connectivity index (χ2v) is 6.69. The van der Waals surface area contributed by atoms with Gasteiger partial charge in [0.1, 0.15) is 11.8 Å². The Balaban J connectivity index is 1.60. The molecule has 2 aromatic carbocycles. The number of piperazine rings is 1. The summed E-state index contributed by atoms with van der Waals surface area (Å²) in [4.78, 5) is 16.4. The van der Waals surface area contributed by atoms with Crippen molar-refractivity contribution < 1.29 is 22.7 Å². The van der Waals surface area contributed by atoms with E-state index in [4.69, 9.17) is 4.74 Å². The maximum absolute atomic E-state index is 12.7. The standard InChI is InChI=1S/C21H20F3N3O2/c22-21(23,24)15-29-19-8-4-2-5-16(19)13-20(28)27-11-9-26(10-12-27)18-7-3-1-6-17(18)14-25/h1-8H,9-13,15H2. The van der Waals surface area contributed by atoms with E-state index in [1.165, 1.54) is 6.07 Å². The van der Waals surface area contributed by atoms with E-state index in [1.807, 2.05) is 12.1 Å². The summed E-state index contributed by atoms with van der Waals surface area (Å²) in [7, 11) is 0. The smallest absolute Gasteiger partial charge is 0.422 e. The van der Waals surface area contributed by atoms with Gasteiger partial charge in [-0.15, -0.1) is 0 Å². The quantitative estimate of drug-likeness (QED) is 0.768. The van der Waals surface area contributed by atoms with Gasteiger partial charge in [-0.25, -0.2) is 0 Å². The Hall–Kier alpha value is -3.21. The van der Waals surface area contributed by atoms with Crippen LogP contribution in [0.15, 0.2) is 48.5 Å². The summed E-state index contributed by atoms with van der Waals surface area (Å²) in [6, 6.07) is 15.8. The lowest BCUT2D eigenvalue weighted by Crippen LogP contribution is -2.49. The van der Waals surface area contributed by atoms with Crippen LogP contribution in [0.4, 0.5) is 18.9 Å². The van der Waals surface area contributed by atoms with E-state index in [9.17, 15) is 23.2 Å². The van der Waals surface area contributed by atoms with Gasteiger partial charge in [0.05, 0.1) is 17.7 Å². The molecule has 1 aliphatic rings. The fourth-order valence-corrected chi connectivity index (χ4v) is 3.27. The average molecular weight is 403 g/mol. The molecule has 0 radical (unpaired) electrons. The number of alkyl halides is 3. The molecule has 152 valence electrons. The molecule has 1 aliphatic heterocycles. The van der Waals surface area contributed by atoms with Crippen LogP contribution in [0.2, 0.25) is 0 Å². The molecule has 1 fully saturated rings. The Bertz CT molecular complexity index is 901. The number of carbonyl (C=O) groups excluding carboxylic acids is 1. The minimum Gasteiger partial charge on any atom is -0.484 e. The van der Waals surface area contributed by atoms with Crippen LogP contribution in [0.3, 0.4) is 0 Å². The first-order valence-electron chi connectivity index (χ1n) is 9.16. The predicted octanol–water partition coefficient (Wildman–Crippen LogP) is 3.39. The van der Waals surface area contributed by atoms with Gasteiger partial charge in [-0.3, -0.25) is 4.79 Å². The van der Waals surface area contributed by atoms with Crippen molar-refractivity contribution in [3.63, 3.8) is 0 Å². The van der Waals surface area contributed by atoms with Crippen LogP contribution in [-0.4, -0.2) is 49.8 Å². The van der Waals surface area contributed by atoms with Gasteiger partial charge >= 0.3 is 6.18 Å². The molecule has 1 heterocycles. The number of nitrogens with zero attached hydrogens (tertiary/aromatic N) is 3. The maximum atomic E-state index is 12.7. The molecule has 5 nitrogen and oxygen atoms in total. The Morgan fingerprint density at radius 1 is 1.03 bits per heavy atom. The zero-order valence-corrected chi connectivity index (χ0v) is 15.7. The van der Waals surface area contributed by atoms with Crippen molar-refractivity contribution in [2.75, 3.05) is 37.7 Å². The first-order chi connectivity index (χ1) is 13.9. The van der Waals surface area contributed by atoms with Crippen molar-refractivity contribution in [3.05, 3.63) is 59.7 Å². The van der Waals surface area contributed by atoms with E-state index in [-0.39, 0.29) is 18.1 Å². The Kier molecular flexibility index (Phi) is 6.27. The van der Waals surface area contributed by atoms with Crippen LogP contribution in [0, 0.1) is 11.3 Å². The highest BCUT2D eigenvalue weighted by atomic mass is 19.4. The van der Waals surface area contributed by atoms with Crippen molar-refractivity contribution >= 4 is 11.6 Å². The van der Waals surface area contributed by atoms with Crippen molar-refractivity contribution in [2.45, 2.75) is 12.6 Å². The topological polar surface area (TPSA) is 56.6 Å². The second kappa shape index (κ2) is 8.86. The Morgan fingerprint density at radius 3 is 2.38 bits per heavy atom.